The molecule has 0 radical (unpaired) electrons. The van der Waals surface area contributed by atoms with Crippen LogP contribution in [-0.2, 0) is 14.3 Å². The molecule has 15 heavy (non-hydrogen) atoms. The van der Waals surface area contributed by atoms with E-state index >= 15 is 0 Å². The summed E-state index contributed by atoms with van der Waals surface area (Å²) in [6, 6.07) is 0. The molecule has 2 aliphatic rings. The quantitative estimate of drug-likeness (QED) is 0.517. The second-order valence-electron chi connectivity index (χ2n) is 3.91. The van der Waals surface area contributed by atoms with Crippen LogP contribution in [0.2, 0.25) is 0 Å². The summed E-state index contributed by atoms with van der Waals surface area (Å²) in [6.45, 7) is 1.94. The van der Waals surface area contributed by atoms with Crippen molar-refractivity contribution in [3.8, 4) is 0 Å². The number of allylic oxidation sites excluding steroid dienone is 1. The number of ether oxygens (including phenoxy) is 2. The number of fused-ring (bicyclic) bond motifs is 1. The van der Waals surface area contributed by atoms with Crippen LogP contribution in [0.25, 0.3) is 0 Å². The first-order valence-corrected chi connectivity index (χ1v) is 4.93. The summed E-state index contributed by atoms with van der Waals surface area (Å²) in [4.78, 5) is 11.4. The molecule has 1 aliphatic carbocycles. The fourth-order valence-electron chi connectivity index (χ4n) is 2.29. The van der Waals surface area contributed by atoms with Crippen molar-refractivity contribution in [1.82, 2.24) is 0 Å². The standard InChI is InChI=1S/C11H14O4/c1-6-3-4-7-8(10(12)14-2)5-15-11(13)9(6)7/h3,5,7,9,11,13H,4H2,1-2H3/t7-,9-,11?/m1/s1. The summed E-state index contributed by atoms with van der Waals surface area (Å²) in [5.41, 5.74) is 1.59. The smallest absolute Gasteiger partial charge is 0.337 e. The van der Waals surface area contributed by atoms with Crippen molar-refractivity contribution >= 4 is 5.97 Å². The largest absolute Gasteiger partial charge is 0.472 e. The lowest BCUT2D eigenvalue weighted by atomic mass is 9.84. The number of methoxy groups -OCH3 is 1. The van der Waals surface area contributed by atoms with Gasteiger partial charge >= 0.3 is 5.97 Å². The summed E-state index contributed by atoms with van der Waals surface area (Å²) in [5, 5.41) is 9.66. The number of aliphatic hydroxyl groups is 1. The van der Waals surface area contributed by atoms with E-state index in [9.17, 15) is 9.90 Å². The number of esters is 1. The number of rotatable bonds is 1. The molecule has 0 spiro atoms. The van der Waals surface area contributed by atoms with Gasteiger partial charge in [-0.1, -0.05) is 11.6 Å². The Morgan fingerprint density at radius 2 is 2.40 bits per heavy atom. The maximum atomic E-state index is 11.4. The number of hydrogen-bond donors (Lipinski definition) is 1. The van der Waals surface area contributed by atoms with Gasteiger partial charge in [0.25, 0.3) is 0 Å². The molecule has 1 aliphatic heterocycles. The van der Waals surface area contributed by atoms with Crippen LogP contribution in [0.1, 0.15) is 13.3 Å². The summed E-state index contributed by atoms with van der Waals surface area (Å²) >= 11 is 0. The number of aliphatic hydroxyl groups excluding tert-OH is 1. The highest BCUT2D eigenvalue weighted by atomic mass is 16.6. The zero-order valence-electron chi connectivity index (χ0n) is 8.77. The molecule has 0 aromatic heterocycles. The van der Waals surface area contributed by atoms with E-state index in [1.807, 2.05) is 13.0 Å². The Kier molecular flexibility index (Phi) is 2.52. The highest BCUT2D eigenvalue weighted by Gasteiger charge is 2.42. The van der Waals surface area contributed by atoms with Gasteiger partial charge in [-0.05, 0) is 13.3 Å². The first-order chi connectivity index (χ1) is 7.15. The maximum Gasteiger partial charge on any atom is 0.337 e. The van der Waals surface area contributed by atoms with E-state index in [1.165, 1.54) is 13.4 Å². The van der Waals surface area contributed by atoms with Crippen LogP contribution in [0.15, 0.2) is 23.5 Å². The number of carbonyl (C=O) groups is 1. The average Bonchev–Trinajstić information content (AvgIpc) is 2.61. The van der Waals surface area contributed by atoms with Gasteiger partial charge in [-0.2, -0.15) is 0 Å². The molecule has 0 aromatic rings. The predicted octanol–water partition coefficient (Wildman–Crippen LogP) is 0.974. The van der Waals surface area contributed by atoms with Crippen molar-refractivity contribution < 1.29 is 19.4 Å². The maximum absolute atomic E-state index is 11.4. The van der Waals surface area contributed by atoms with Gasteiger partial charge in [-0.15, -0.1) is 0 Å². The molecule has 0 saturated heterocycles. The lowest BCUT2D eigenvalue weighted by Gasteiger charge is -2.31. The number of hydrogen-bond acceptors (Lipinski definition) is 4. The van der Waals surface area contributed by atoms with Crippen molar-refractivity contribution in [2.45, 2.75) is 19.6 Å². The third-order valence-electron chi connectivity index (χ3n) is 3.12. The third-order valence-corrected chi connectivity index (χ3v) is 3.12. The topological polar surface area (TPSA) is 55.8 Å². The monoisotopic (exact) mass is 210 g/mol. The molecule has 1 heterocycles. The van der Waals surface area contributed by atoms with Gasteiger partial charge in [-0.25, -0.2) is 4.79 Å². The molecule has 0 bridgehead atoms. The van der Waals surface area contributed by atoms with Gasteiger partial charge < -0.3 is 14.6 Å². The molecular formula is C11H14O4. The van der Waals surface area contributed by atoms with Crippen molar-refractivity contribution in [2.24, 2.45) is 11.8 Å². The minimum Gasteiger partial charge on any atom is -0.472 e. The average molecular weight is 210 g/mol. The normalized spacial score (nSPS) is 33.7. The molecule has 0 aromatic carbocycles. The lowest BCUT2D eigenvalue weighted by molar-refractivity contribution is -0.141. The van der Waals surface area contributed by atoms with E-state index in [0.29, 0.717) is 5.57 Å². The van der Waals surface area contributed by atoms with Crippen LogP contribution in [-0.4, -0.2) is 24.5 Å². The Morgan fingerprint density at radius 1 is 1.67 bits per heavy atom. The lowest BCUT2D eigenvalue weighted by Crippen LogP contribution is -2.34. The molecule has 82 valence electrons. The highest BCUT2D eigenvalue weighted by Crippen LogP contribution is 2.42. The van der Waals surface area contributed by atoms with Crippen LogP contribution in [0.5, 0.6) is 0 Å². The van der Waals surface area contributed by atoms with Gasteiger partial charge in [0.2, 0.25) is 6.29 Å². The van der Waals surface area contributed by atoms with Gasteiger partial charge in [0, 0.05) is 11.8 Å². The van der Waals surface area contributed by atoms with Gasteiger partial charge in [0.15, 0.2) is 0 Å². The summed E-state index contributed by atoms with van der Waals surface area (Å²) < 4.78 is 9.73. The minimum absolute atomic E-state index is 0.00111. The molecule has 0 saturated carbocycles. The predicted molar refractivity (Wildman–Crippen MR) is 52.5 cm³/mol. The molecule has 0 amide bonds. The molecule has 1 N–H and O–H groups in total. The third kappa shape index (κ3) is 1.55. The van der Waals surface area contributed by atoms with Crippen LogP contribution in [0.3, 0.4) is 0 Å². The zero-order valence-corrected chi connectivity index (χ0v) is 8.77. The number of carbonyl (C=O) groups excluding carboxylic acids is 1. The van der Waals surface area contributed by atoms with Crippen molar-refractivity contribution in [1.29, 1.82) is 0 Å². The Bertz CT molecular complexity index is 342. The van der Waals surface area contributed by atoms with E-state index in [4.69, 9.17) is 4.74 Å². The minimum atomic E-state index is -0.845. The molecular weight excluding hydrogens is 196 g/mol. The Labute approximate surface area is 88.2 Å². The van der Waals surface area contributed by atoms with Crippen molar-refractivity contribution in [2.75, 3.05) is 7.11 Å². The van der Waals surface area contributed by atoms with E-state index in [2.05, 4.69) is 4.74 Å². The zero-order chi connectivity index (χ0) is 11.0. The van der Waals surface area contributed by atoms with E-state index < -0.39 is 6.29 Å². The molecule has 1 unspecified atom stereocenters. The molecule has 0 fully saturated rings. The van der Waals surface area contributed by atoms with E-state index in [-0.39, 0.29) is 17.8 Å². The van der Waals surface area contributed by atoms with Crippen molar-refractivity contribution in [3.63, 3.8) is 0 Å². The van der Waals surface area contributed by atoms with E-state index in [1.54, 1.807) is 0 Å². The van der Waals surface area contributed by atoms with Crippen LogP contribution >= 0.6 is 0 Å². The summed E-state index contributed by atoms with van der Waals surface area (Å²) in [5.74, 6) is -0.481. The van der Waals surface area contributed by atoms with Gasteiger partial charge in [0.1, 0.15) is 0 Å². The molecule has 2 rings (SSSR count). The van der Waals surface area contributed by atoms with E-state index in [0.717, 1.165) is 12.0 Å². The van der Waals surface area contributed by atoms with Gasteiger partial charge in [-0.3, -0.25) is 0 Å². The summed E-state index contributed by atoms with van der Waals surface area (Å²) in [6.07, 6.45) is 3.27. The van der Waals surface area contributed by atoms with Crippen LogP contribution in [0, 0.1) is 11.8 Å². The first-order valence-electron chi connectivity index (χ1n) is 4.93. The van der Waals surface area contributed by atoms with Crippen LogP contribution < -0.4 is 0 Å². The Morgan fingerprint density at radius 3 is 3.07 bits per heavy atom. The van der Waals surface area contributed by atoms with Crippen molar-refractivity contribution in [3.05, 3.63) is 23.5 Å². The molecule has 3 atom stereocenters. The Hall–Kier alpha value is -1.29. The SMILES string of the molecule is COC(=O)C1=COC(O)[C@@H]2C(C)=CC[C@H]12. The van der Waals surface area contributed by atoms with Crippen LogP contribution in [0.4, 0.5) is 0 Å². The molecule has 4 nitrogen and oxygen atoms in total. The summed E-state index contributed by atoms with van der Waals surface area (Å²) in [7, 11) is 1.35. The fraction of sp³-hybridized carbons (Fsp3) is 0.545. The second kappa shape index (κ2) is 3.70. The van der Waals surface area contributed by atoms with Gasteiger partial charge in [0.05, 0.1) is 18.9 Å². The Balaban J connectivity index is 2.27. The highest BCUT2D eigenvalue weighted by molar-refractivity contribution is 5.89. The fourth-order valence-corrected chi connectivity index (χ4v) is 2.29. The first kappa shape index (κ1) is 10.2. The molecule has 4 heteroatoms. The second-order valence-corrected chi connectivity index (χ2v) is 3.91.